The standard InChI is InChI=1S/C32H28Br2N4O4/c1-35-29(17-27(23-9-5-13-37-19-23)21-7-3-11-25(33)15-21)41-31(39)32(40)42-30(36-2)18-28(24-10-6-14-38-20-24)22-8-4-12-26(34)16-22/h3-20,29-30,35-36H,1-2H3/b27-17-,28-18-. The molecule has 0 aliphatic rings. The van der Waals surface area contributed by atoms with Crippen LogP contribution in [0.15, 0.2) is 119 Å². The minimum absolute atomic E-state index is 0.760. The highest BCUT2D eigenvalue weighted by Gasteiger charge is 2.25. The largest absolute Gasteiger partial charge is 0.434 e. The zero-order valence-electron chi connectivity index (χ0n) is 22.8. The maximum atomic E-state index is 12.9. The van der Waals surface area contributed by atoms with Gasteiger partial charge in [0.1, 0.15) is 0 Å². The van der Waals surface area contributed by atoms with E-state index in [1.165, 1.54) is 0 Å². The van der Waals surface area contributed by atoms with Crippen LogP contribution in [0.3, 0.4) is 0 Å². The number of rotatable bonds is 10. The summed E-state index contributed by atoms with van der Waals surface area (Å²) >= 11 is 7.01. The Kier molecular flexibility index (Phi) is 11.3. The molecule has 0 amide bonds. The van der Waals surface area contributed by atoms with Crippen LogP contribution in [0.2, 0.25) is 0 Å². The molecule has 2 atom stereocenters. The Morgan fingerprint density at radius 2 is 1.07 bits per heavy atom. The molecule has 8 nitrogen and oxygen atoms in total. The van der Waals surface area contributed by atoms with Crippen LogP contribution in [0.4, 0.5) is 0 Å². The summed E-state index contributed by atoms with van der Waals surface area (Å²) in [4.78, 5) is 34.2. The fourth-order valence-corrected chi connectivity index (χ4v) is 4.86. The van der Waals surface area contributed by atoms with Gasteiger partial charge in [0.25, 0.3) is 0 Å². The Morgan fingerprint density at radius 3 is 1.40 bits per heavy atom. The average molecular weight is 692 g/mol. The second-order valence-corrected chi connectivity index (χ2v) is 10.7. The number of esters is 2. The van der Waals surface area contributed by atoms with Gasteiger partial charge in [0.15, 0.2) is 12.5 Å². The van der Waals surface area contributed by atoms with E-state index in [9.17, 15) is 9.59 Å². The number of aromatic nitrogens is 2. The molecular formula is C32H28Br2N4O4. The summed E-state index contributed by atoms with van der Waals surface area (Å²) in [6, 6.07) is 22.8. The fourth-order valence-electron chi connectivity index (χ4n) is 4.06. The lowest BCUT2D eigenvalue weighted by Gasteiger charge is -2.19. The van der Waals surface area contributed by atoms with E-state index in [-0.39, 0.29) is 0 Å². The molecule has 10 heteroatoms. The zero-order chi connectivity index (χ0) is 29.9. The Hall–Kier alpha value is -3.96. The van der Waals surface area contributed by atoms with E-state index in [1.807, 2.05) is 72.8 Å². The molecule has 0 bridgehead atoms. The topological polar surface area (TPSA) is 102 Å². The highest BCUT2D eigenvalue weighted by molar-refractivity contribution is 9.10. The molecule has 2 aromatic heterocycles. The molecule has 0 fully saturated rings. The molecule has 0 saturated carbocycles. The Labute approximate surface area is 261 Å². The van der Waals surface area contributed by atoms with Gasteiger partial charge in [-0.3, -0.25) is 20.6 Å². The number of pyridine rings is 2. The van der Waals surface area contributed by atoms with Crippen molar-refractivity contribution in [3.05, 3.63) is 141 Å². The monoisotopic (exact) mass is 690 g/mol. The number of nitrogens with one attached hydrogen (secondary N) is 2. The van der Waals surface area contributed by atoms with Gasteiger partial charge in [-0.1, -0.05) is 68.3 Å². The predicted octanol–water partition coefficient (Wildman–Crippen LogP) is 5.74. The summed E-state index contributed by atoms with van der Waals surface area (Å²) in [5, 5.41) is 5.84. The third-order valence-corrected chi connectivity index (χ3v) is 7.04. The Bertz CT molecular complexity index is 1460. The van der Waals surface area contributed by atoms with Crippen LogP contribution in [0, 0.1) is 0 Å². The third-order valence-electron chi connectivity index (χ3n) is 6.06. The van der Waals surface area contributed by atoms with Crippen molar-refractivity contribution < 1.29 is 19.1 Å². The van der Waals surface area contributed by atoms with Crippen molar-refractivity contribution in [3.8, 4) is 0 Å². The van der Waals surface area contributed by atoms with E-state index in [0.29, 0.717) is 0 Å². The maximum absolute atomic E-state index is 12.9. The number of halogens is 2. The number of nitrogens with zero attached hydrogens (tertiary/aromatic N) is 2. The van der Waals surface area contributed by atoms with Gasteiger partial charge in [0, 0.05) is 44.9 Å². The van der Waals surface area contributed by atoms with Crippen LogP contribution >= 0.6 is 31.9 Å². The minimum atomic E-state index is -1.15. The number of carbonyl (C=O) groups is 2. The van der Waals surface area contributed by atoms with Crippen LogP contribution in [-0.2, 0) is 19.1 Å². The normalized spacial score (nSPS) is 13.2. The van der Waals surface area contributed by atoms with Crippen molar-refractivity contribution in [1.29, 1.82) is 0 Å². The van der Waals surface area contributed by atoms with E-state index in [0.717, 1.165) is 42.3 Å². The van der Waals surface area contributed by atoms with Crippen LogP contribution < -0.4 is 10.6 Å². The van der Waals surface area contributed by atoms with Crippen molar-refractivity contribution in [3.63, 3.8) is 0 Å². The summed E-state index contributed by atoms with van der Waals surface area (Å²) in [6.45, 7) is 0. The molecule has 2 aromatic carbocycles. The van der Waals surface area contributed by atoms with Gasteiger partial charge in [0.2, 0.25) is 0 Å². The average Bonchev–Trinajstić information content (AvgIpc) is 3.01. The Morgan fingerprint density at radius 1 is 0.667 bits per heavy atom. The number of carbonyl (C=O) groups excluding carboxylic acids is 2. The Balaban J connectivity index is 1.56. The van der Waals surface area contributed by atoms with Gasteiger partial charge >= 0.3 is 11.9 Å². The van der Waals surface area contributed by atoms with E-state index < -0.39 is 24.4 Å². The molecule has 2 unspecified atom stereocenters. The van der Waals surface area contributed by atoms with Crippen LogP contribution in [0.5, 0.6) is 0 Å². The predicted molar refractivity (Wildman–Crippen MR) is 169 cm³/mol. The van der Waals surface area contributed by atoms with E-state index in [1.54, 1.807) is 51.0 Å². The lowest BCUT2D eigenvalue weighted by Crippen LogP contribution is -2.37. The fraction of sp³-hybridized carbons (Fsp3) is 0.125. The van der Waals surface area contributed by atoms with Crippen molar-refractivity contribution >= 4 is 54.9 Å². The van der Waals surface area contributed by atoms with Gasteiger partial charge < -0.3 is 9.47 Å². The second-order valence-electron chi connectivity index (χ2n) is 8.89. The van der Waals surface area contributed by atoms with Crippen LogP contribution in [0.1, 0.15) is 22.3 Å². The molecule has 0 radical (unpaired) electrons. The molecule has 0 spiro atoms. The lowest BCUT2D eigenvalue weighted by molar-refractivity contribution is -0.172. The zero-order valence-corrected chi connectivity index (χ0v) is 26.0. The molecule has 214 valence electrons. The summed E-state index contributed by atoms with van der Waals surface area (Å²) in [5.41, 5.74) is 4.88. The van der Waals surface area contributed by atoms with Crippen molar-refractivity contribution in [1.82, 2.24) is 20.6 Å². The van der Waals surface area contributed by atoms with Gasteiger partial charge in [-0.05, 0) is 84.9 Å². The number of benzene rings is 2. The van der Waals surface area contributed by atoms with E-state index in [4.69, 9.17) is 9.47 Å². The van der Waals surface area contributed by atoms with Crippen molar-refractivity contribution in [2.75, 3.05) is 14.1 Å². The van der Waals surface area contributed by atoms with Gasteiger partial charge in [-0.2, -0.15) is 0 Å². The summed E-state index contributed by atoms with van der Waals surface area (Å²) < 4.78 is 12.8. The smallest absolute Gasteiger partial charge is 0.419 e. The van der Waals surface area contributed by atoms with Crippen molar-refractivity contribution in [2.24, 2.45) is 0 Å². The first-order valence-corrected chi connectivity index (χ1v) is 14.5. The molecule has 4 rings (SSSR count). The first-order chi connectivity index (χ1) is 20.4. The summed E-state index contributed by atoms with van der Waals surface area (Å²) in [6.07, 6.45) is 8.34. The lowest BCUT2D eigenvalue weighted by atomic mass is 9.98. The van der Waals surface area contributed by atoms with E-state index in [2.05, 4.69) is 52.5 Å². The third kappa shape index (κ3) is 8.53. The highest BCUT2D eigenvalue weighted by atomic mass is 79.9. The van der Waals surface area contributed by atoms with Crippen LogP contribution in [0.25, 0.3) is 11.1 Å². The molecular weight excluding hydrogens is 664 g/mol. The van der Waals surface area contributed by atoms with Crippen LogP contribution in [-0.4, -0.2) is 48.5 Å². The summed E-state index contributed by atoms with van der Waals surface area (Å²) in [5.74, 6) is -2.30. The number of hydrogen-bond acceptors (Lipinski definition) is 8. The molecule has 0 saturated heterocycles. The number of ether oxygens (including phenoxy) is 2. The molecule has 0 aliphatic heterocycles. The molecule has 2 N–H and O–H groups in total. The molecule has 42 heavy (non-hydrogen) atoms. The molecule has 4 aromatic rings. The number of hydrogen-bond donors (Lipinski definition) is 2. The van der Waals surface area contributed by atoms with Gasteiger partial charge in [-0.15, -0.1) is 0 Å². The quantitative estimate of drug-likeness (QED) is 0.123. The first-order valence-electron chi connectivity index (χ1n) is 12.9. The first kappa shape index (κ1) is 31.0. The molecule has 2 heterocycles. The minimum Gasteiger partial charge on any atom is -0.434 e. The van der Waals surface area contributed by atoms with Gasteiger partial charge in [-0.25, -0.2) is 9.59 Å². The summed E-state index contributed by atoms with van der Waals surface area (Å²) in [7, 11) is 3.25. The molecule has 0 aliphatic carbocycles. The SMILES string of the molecule is CNC(/C=C(\c1cccnc1)c1cccc(Br)c1)OC(=O)C(=O)OC(/C=C(\c1cccnc1)c1cccc(Br)c1)NC. The second kappa shape index (κ2) is 15.3. The highest BCUT2D eigenvalue weighted by Crippen LogP contribution is 2.27. The van der Waals surface area contributed by atoms with Gasteiger partial charge in [0.05, 0.1) is 0 Å². The van der Waals surface area contributed by atoms with Crippen molar-refractivity contribution in [2.45, 2.75) is 12.5 Å². The maximum Gasteiger partial charge on any atom is 0.419 e. The number of likely N-dealkylation sites (N-methyl/N-ethyl adjacent to an activating group) is 2. The van der Waals surface area contributed by atoms with E-state index >= 15 is 0 Å².